The van der Waals surface area contributed by atoms with Gasteiger partial charge in [-0.2, -0.15) is 0 Å². The highest BCUT2D eigenvalue weighted by Gasteiger charge is 2.46. The number of halogens is 1. The van der Waals surface area contributed by atoms with Crippen molar-refractivity contribution in [3.05, 3.63) is 71.8 Å². The molecule has 2 aromatic carbocycles. The van der Waals surface area contributed by atoms with Gasteiger partial charge in [0.05, 0.1) is 11.6 Å². The second kappa shape index (κ2) is 12.4. The minimum Gasteiger partial charge on any atom is -0.459 e. The highest BCUT2D eigenvalue weighted by molar-refractivity contribution is 6.28. The molecular weight excluding hydrogens is 444 g/mol. The lowest BCUT2D eigenvalue weighted by molar-refractivity contribution is -0.172. The van der Waals surface area contributed by atoms with E-state index in [1.165, 1.54) is 0 Å². The molecule has 7 nitrogen and oxygen atoms in total. The molecule has 2 aromatic rings. The molecule has 0 aromatic heterocycles. The number of nitrogens with zero attached hydrogens (tertiary/aromatic N) is 1. The number of hydrogen-bond acceptors (Lipinski definition) is 7. The Morgan fingerprint density at radius 3 is 1.97 bits per heavy atom. The number of rotatable bonds is 11. The van der Waals surface area contributed by atoms with Crippen LogP contribution in [0.1, 0.15) is 44.7 Å². The molecule has 0 heterocycles. The molecule has 0 aliphatic heterocycles. The molecule has 33 heavy (non-hydrogen) atoms. The Morgan fingerprint density at radius 2 is 1.45 bits per heavy atom. The van der Waals surface area contributed by atoms with E-state index in [9.17, 15) is 9.59 Å². The first-order valence-corrected chi connectivity index (χ1v) is 11.2. The first kappa shape index (κ1) is 26.4. The Morgan fingerprint density at radius 1 is 0.909 bits per heavy atom. The zero-order valence-electron chi connectivity index (χ0n) is 19.3. The molecule has 0 aliphatic carbocycles. The topological polar surface area (TPSA) is 100 Å². The molecule has 0 aliphatic rings. The first-order valence-electron chi connectivity index (χ1n) is 10.6. The van der Waals surface area contributed by atoms with Gasteiger partial charge in [-0.05, 0) is 44.7 Å². The number of esters is 2. The number of carbonyl (C=O) groups is 2. The number of oxime groups is 1. The maximum Gasteiger partial charge on any atom is 0.338 e. The van der Waals surface area contributed by atoms with E-state index in [1.54, 1.807) is 32.9 Å². The van der Waals surface area contributed by atoms with Gasteiger partial charge in [-0.1, -0.05) is 65.8 Å². The van der Waals surface area contributed by atoms with E-state index in [4.69, 9.17) is 31.6 Å². The highest BCUT2D eigenvalue weighted by atomic mass is 35.5. The normalized spacial score (nSPS) is 13.7. The van der Waals surface area contributed by atoms with Crippen molar-refractivity contribution in [1.82, 2.24) is 0 Å². The average Bonchev–Trinajstić information content (AvgIpc) is 2.79. The maximum atomic E-state index is 12.9. The number of ether oxygens (including phenoxy) is 2. The van der Waals surface area contributed by atoms with Crippen molar-refractivity contribution < 1.29 is 23.9 Å². The molecule has 1 unspecified atom stereocenters. The SMILES string of the molecule is CC(C)(C)OC(=O)C(N)(CCC(CCl)=NOCc1ccccc1)C(=O)OCc1ccccc1. The lowest BCUT2D eigenvalue weighted by Crippen LogP contribution is -2.58. The van der Waals surface area contributed by atoms with Crippen LogP contribution in [0.2, 0.25) is 0 Å². The van der Waals surface area contributed by atoms with Crippen molar-refractivity contribution in [2.75, 3.05) is 5.88 Å². The predicted molar refractivity (Wildman–Crippen MR) is 128 cm³/mol. The molecule has 178 valence electrons. The zero-order valence-corrected chi connectivity index (χ0v) is 20.0. The summed E-state index contributed by atoms with van der Waals surface area (Å²) in [5.41, 5.74) is 5.61. The van der Waals surface area contributed by atoms with Crippen molar-refractivity contribution in [1.29, 1.82) is 0 Å². The summed E-state index contributed by atoms with van der Waals surface area (Å²) in [6.07, 6.45) is 0.0459. The van der Waals surface area contributed by atoms with Crippen LogP contribution in [-0.2, 0) is 37.1 Å². The fraction of sp³-hybridized carbons (Fsp3) is 0.400. The monoisotopic (exact) mass is 474 g/mol. The maximum absolute atomic E-state index is 12.9. The van der Waals surface area contributed by atoms with Crippen LogP contribution >= 0.6 is 11.6 Å². The van der Waals surface area contributed by atoms with E-state index in [-0.39, 0.29) is 31.9 Å². The minimum atomic E-state index is -2.02. The van der Waals surface area contributed by atoms with E-state index < -0.39 is 23.1 Å². The summed E-state index contributed by atoms with van der Waals surface area (Å²) < 4.78 is 10.8. The van der Waals surface area contributed by atoms with Crippen molar-refractivity contribution in [3.63, 3.8) is 0 Å². The van der Waals surface area contributed by atoms with E-state index in [0.29, 0.717) is 5.71 Å². The third-order valence-corrected chi connectivity index (χ3v) is 4.88. The Labute approximate surface area is 199 Å². The van der Waals surface area contributed by atoms with Gasteiger partial charge in [0.2, 0.25) is 5.54 Å². The van der Waals surface area contributed by atoms with Gasteiger partial charge in [-0.25, -0.2) is 9.59 Å². The largest absolute Gasteiger partial charge is 0.459 e. The fourth-order valence-electron chi connectivity index (χ4n) is 2.76. The lowest BCUT2D eigenvalue weighted by atomic mass is 9.93. The van der Waals surface area contributed by atoms with Crippen LogP contribution in [0.3, 0.4) is 0 Å². The summed E-state index contributed by atoms with van der Waals surface area (Å²) >= 11 is 6.00. The Balaban J connectivity index is 2.08. The Bertz CT molecular complexity index is 929. The quantitative estimate of drug-likeness (QED) is 0.171. The Kier molecular flexibility index (Phi) is 9.88. The lowest BCUT2D eigenvalue weighted by Gasteiger charge is -2.29. The zero-order chi connectivity index (χ0) is 24.3. The van der Waals surface area contributed by atoms with Gasteiger partial charge < -0.3 is 20.0 Å². The summed E-state index contributed by atoms with van der Waals surface area (Å²) in [4.78, 5) is 31.2. The molecule has 2 rings (SSSR count). The molecule has 0 amide bonds. The summed E-state index contributed by atoms with van der Waals surface area (Å²) in [6.45, 7) is 5.34. The molecular formula is C25H31ClN2O5. The number of hydrogen-bond donors (Lipinski definition) is 1. The van der Waals surface area contributed by atoms with Crippen molar-refractivity contribution in [2.24, 2.45) is 10.9 Å². The van der Waals surface area contributed by atoms with E-state index in [1.807, 2.05) is 48.5 Å². The van der Waals surface area contributed by atoms with Crippen molar-refractivity contribution in [3.8, 4) is 0 Å². The smallest absolute Gasteiger partial charge is 0.338 e. The van der Waals surface area contributed by atoms with Gasteiger partial charge in [0.1, 0.15) is 18.8 Å². The van der Waals surface area contributed by atoms with Gasteiger partial charge >= 0.3 is 11.9 Å². The molecule has 8 heteroatoms. The molecule has 1 atom stereocenters. The standard InChI is InChI=1S/C25H31ClN2O5/c1-24(2,3)33-23(30)25(27,22(29)31-17-19-10-6-4-7-11-19)15-14-21(16-26)28-32-18-20-12-8-5-9-13-20/h4-13H,14-18,27H2,1-3H3. The van der Waals surface area contributed by atoms with E-state index in [0.717, 1.165) is 11.1 Å². The third kappa shape index (κ3) is 8.86. The summed E-state index contributed by atoms with van der Waals surface area (Å²) in [6, 6.07) is 18.6. The highest BCUT2D eigenvalue weighted by Crippen LogP contribution is 2.21. The summed E-state index contributed by atoms with van der Waals surface area (Å²) in [7, 11) is 0. The van der Waals surface area contributed by atoms with E-state index in [2.05, 4.69) is 5.16 Å². The van der Waals surface area contributed by atoms with Crippen LogP contribution in [0.25, 0.3) is 0 Å². The number of alkyl halides is 1. The molecule has 2 N–H and O–H groups in total. The molecule has 0 saturated heterocycles. The first-order chi connectivity index (χ1) is 15.6. The van der Waals surface area contributed by atoms with Crippen LogP contribution in [0.4, 0.5) is 0 Å². The van der Waals surface area contributed by atoms with Gasteiger partial charge in [-0.15, -0.1) is 11.6 Å². The number of benzene rings is 2. The van der Waals surface area contributed by atoms with Crippen molar-refractivity contribution >= 4 is 29.3 Å². The molecule has 0 bridgehead atoms. The Hall–Kier alpha value is -2.90. The molecule has 0 spiro atoms. The fourth-order valence-corrected chi connectivity index (χ4v) is 2.94. The molecule has 0 radical (unpaired) electrons. The summed E-state index contributed by atoms with van der Waals surface area (Å²) in [5.74, 6) is -1.69. The van der Waals surface area contributed by atoms with Crippen LogP contribution in [0.15, 0.2) is 65.8 Å². The average molecular weight is 475 g/mol. The van der Waals surface area contributed by atoms with Gasteiger partial charge in [0, 0.05) is 0 Å². The van der Waals surface area contributed by atoms with Crippen molar-refractivity contribution in [2.45, 2.75) is 58.0 Å². The van der Waals surface area contributed by atoms with Gasteiger partial charge in [-0.3, -0.25) is 0 Å². The van der Waals surface area contributed by atoms with Crippen LogP contribution in [0.5, 0.6) is 0 Å². The second-order valence-corrected chi connectivity index (χ2v) is 8.85. The summed E-state index contributed by atoms with van der Waals surface area (Å²) in [5, 5.41) is 4.05. The van der Waals surface area contributed by atoms with Gasteiger partial charge in [0.15, 0.2) is 0 Å². The van der Waals surface area contributed by atoms with Crippen LogP contribution < -0.4 is 5.73 Å². The number of carbonyl (C=O) groups excluding carboxylic acids is 2. The molecule has 0 saturated carbocycles. The minimum absolute atomic E-state index is 0.0158. The third-order valence-electron chi connectivity index (χ3n) is 4.57. The van der Waals surface area contributed by atoms with Crippen LogP contribution in [0, 0.1) is 0 Å². The van der Waals surface area contributed by atoms with E-state index >= 15 is 0 Å². The second-order valence-electron chi connectivity index (χ2n) is 8.59. The molecule has 0 fully saturated rings. The van der Waals surface area contributed by atoms with Gasteiger partial charge in [0.25, 0.3) is 0 Å². The number of nitrogens with two attached hydrogens (primary N) is 1. The van der Waals surface area contributed by atoms with Crippen LogP contribution in [-0.4, -0.2) is 34.7 Å². The predicted octanol–water partition coefficient (Wildman–Crippen LogP) is 4.36.